The number of nitrogens with zero attached hydrogens (tertiary/aromatic N) is 1. The number of likely N-dealkylation sites (tertiary alicyclic amines) is 1. The van der Waals surface area contributed by atoms with Gasteiger partial charge in [0.05, 0.1) is 0 Å². The molecule has 1 heterocycles. The molecule has 1 saturated heterocycles. The molecule has 0 bridgehead atoms. The van der Waals surface area contributed by atoms with Crippen molar-refractivity contribution in [1.82, 2.24) is 4.90 Å². The molecule has 1 aliphatic heterocycles. The Morgan fingerprint density at radius 2 is 1.94 bits per heavy atom. The largest absolute Gasteiger partial charge is 0.329 e. The topological polar surface area (TPSA) is 29.3 Å². The van der Waals surface area contributed by atoms with E-state index in [1.54, 1.807) is 0 Å². The summed E-state index contributed by atoms with van der Waals surface area (Å²) in [4.78, 5) is 2.12. The zero-order chi connectivity index (χ0) is 11.5. The average Bonchev–Trinajstić information content (AvgIpc) is 2.78. The van der Waals surface area contributed by atoms with E-state index >= 15 is 0 Å². The van der Waals surface area contributed by atoms with Crippen molar-refractivity contribution in [1.29, 1.82) is 0 Å². The Bertz CT molecular complexity index is 362. The molecule has 1 fully saturated rings. The second kappa shape index (κ2) is 4.89. The highest BCUT2D eigenvalue weighted by Gasteiger charge is 2.24. The minimum atomic E-state index is -0.408. The predicted molar refractivity (Wildman–Crippen MR) is 59.0 cm³/mol. The third-order valence-electron chi connectivity index (χ3n) is 3.12. The van der Waals surface area contributed by atoms with Crippen LogP contribution in [-0.2, 0) is 0 Å². The number of benzene rings is 1. The normalized spacial score (nSPS) is 18.9. The monoisotopic (exact) mass is 226 g/mol. The summed E-state index contributed by atoms with van der Waals surface area (Å²) < 4.78 is 26.7. The fourth-order valence-corrected chi connectivity index (χ4v) is 2.30. The molecular weight excluding hydrogens is 210 g/mol. The lowest BCUT2D eigenvalue weighted by Gasteiger charge is -2.26. The van der Waals surface area contributed by atoms with E-state index < -0.39 is 5.82 Å². The van der Waals surface area contributed by atoms with E-state index in [0.717, 1.165) is 32.0 Å². The van der Waals surface area contributed by atoms with Gasteiger partial charge < -0.3 is 5.73 Å². The Morgan fingerprint density at radius 3 is 2.56 bits per heavy atom. The number of rotatable bonds is 3. The maximum absolute atomic E-state index is 13.6. The first-order chi connectivity index (χ1) is 7.72. The highest BCUT2D eigenvalue weighted by atomic mass is 19.1. The van der Waals surface area contributed by atoms with Crippen molar-refractivity contribution in [2.24, 2.45) is 5.73 Å². The minimum Gasteiger partial charge on any atom is -0.329 e. The maximum atomic E-state index is 13.6. The molecule has 16 heavy (non-hydrogen) atoms. The Balaban J connectivity index is 2.28. The molecule has 0 saturated carbocycles. The smallest absolute Gasteiger partial charge is 0.128 e. The molecule has 0 radical (unpaired) electrons. The Hall–Kier alpha value is -1.00. The van der Waals surface area contributed by atoms with Crippen LogP contribution >= 0.6 is 0 Å². The van der Waals surface area contributed by atoms with Crippen molar-refractivity contribution in [2.45, 2.75) is 18.9 Å². The van der Waals surface area contributed by atoms with E-state index in [1.165, 1.54) is 12.1 Å². The molecule has 2 rings (SSSR count). The van der Waals surface area contributed by atoms with Gasteiger partial charge in [0.1, 0.15) is 11.6 Å². The third-order valence-corrected chi connectivity index (χ3v) is 3.12. The molecule has 4 heteroatoms. The SMILES string of the molecule is NCC(c1cc(F)ccc1F)N1CCCC1. The van der Waals surface area contributed by atoms with Crippen LogP contribution in [0.5, 0.6) is 0 Å². The number of hydrogen-bond donors (Lipinski definition) is 1. The standard InChI is InChI=1S/C12H16F2N2/c13-9-3-4-11(14)10(7-9)12(8-15)16-5-1-2-6-16/h3-4,7,12H,1-2,5-6,8,15H2. The Morgan fingerprint density at radius 1 is 1.25 bits per heavy atom. The number of hydrogen-bond acceptors (Lipinski definition) is 2. The van der Waals surface area contributed by atoms with E-state index in [-0.39, 0.29) is 11.9 Å². The summed E-state index contributed by atoms with van der Waals surface area (Å²) in [6.07, 6.45) is 2.21. The molecule has 1 aromatic carbocycles. The first-order valence-corrected chi connectivity index (χ1v) is 5.61. The highest BCUT2D eigenvalue weighted by Crippen LogP contribution is 2.26. The van der Waals surface area contributed by atoms with Gasteiger partial charge >= 0.3 is 0 Å². The van der Waals surface area contributed by atoms with Crippen LogP contribution in [0.2, 0.25) is 0 Å². The molecule has 2 nitrogen and oxygen atoms in total. The van der Waals surface area contributed by atoms with Gasteiger partial charge in [-0.25, -0.2) is 8.78 Å². The molecule has 1 atom stereocenters. The van der Waals surface area contributed by atoms with Crippen LogP contribution in [0.15, 0.2) is 18.2 Å². The van der Waals surface area contributed by atoms with E-state index in [2.05, 4.69) is 4.90 Å². The molecule has 2 N–H and O–H groups in total. The second-order valence-corrected chi connectivity index (χ2v) is 4.16. The van der Waals surface area contributed by atoms with Crippen molar-refractivity contribution < 1.29 is 8.78 Å². The third kappa shape index (κ3) is 2.23. The van der Waals surface area contributed by atoms with E-state index in [1.807, 2.05) is 0 Å². The predicted octanol–water partition coefficient (Wildman–Crippen LogP) is 2.06. The zero-order valence-electron chi connectivity index (χ0n) is 9.13. The van der Waals surface area contributed by atoms with Gasteiger partial charge in [0.15, 0.2) is 0 Å². The molecule has 88 valence electrons. The van der Waals surface area contributed by atoms with Gasteiger partial charge in [0.2, 0.25) is 0 Å². The summed E-state index contributed by atoms with van der Waals surface area (Å²) >= 11 is 0. The van der Waals surface area contributed by atoms with Gasteiger partial charge in [-0.2, -0.15) is 0 Å². The maximum Gasteiger partial charge on any atom is 0.128 e. The van der Waals surface area contributed by atoms with Crippen LogP contribution in [0.3, 0.4) is 0 Å². The van der Waals surface area contributed by atoms with Crippen molar-refractivity contribution in [2.75, 3.05) is 19.6 Å². The van der Waals surface area contributed by atoms with Crippen LogP contribution < -0.4 is 5.73 Å². The van der Waals surface area contributed by atoms with Gasteiger partial charge in [-0.05, 0) is 44.1 Å². The summed E-state index contributed by atoms with van der Waals surface area (Å²) in [6, 6.07) is 3.36. The summed E-state index contributed by atoms with van der Waals surface area (Å²) in [5.41, 5.74) is 6.05. The Kier molecular flexibility index (Phi) is 3.51. The molecule has 1 aromatic rings. The summed E-state index contributed by atoms with van der Waals surface area (Å²) in [5.74, 6) is -0.780. The van der Waals surface area contributed by atoms with Crippen molar-refractivity contribution in [3.63, 3.8) is 0 Å². The lowest BCUT2D eigenvalue weighted by atomic mass is 10.0. The summed E-state index contributed by atoms with van der Waals surface area (Å²) in [5, 5.41) is 0. The first-order valence-electron chi connectivity index (χ1n) is 5.61. The van der Waals surface area contributed by atoms with Gasteiger partial charge in [-0.15, -0.1) is 0 Å². The molecule has 0 amide bonds. The van der Waals surface area contributed by atoms with Crippen molar-refractivity contribution in [3.8, 4) is 0 Å². The van der Waals surface area contributed by atoms with Crippen molar-refractivity contribution >= 4 is 0 Å². The van der Waals surface area contributed by atoms with E-state index in [0.29, 0.717) is 12.1 Å². The van der Waals surface area contributed by atoms with Crippen LogP contribution in [0.25, 0.3) is 0 Å². The van der Waals surface area contributed by atoms with Crippen LogP contribution in [0.1, 0.15) is 24.4 Å². The fraction of sp³-hybridized carbons (Fsp3) is 0.500. The highest BCUT2D eigenvalue weighted by molar-refractivity contribution is 5.23. The average molecular weight is 226 g/mol. The molecule has 1 aliphatic rings. The lowest BCUT2D eigenvalue weighted by molar-refractivity contribution is 0.245. The number of halogens is 2. The van der Waals surface area contributed by atoms with Crippen LogP contribution in [-0.4, -0.2) is 24.5 Å². The molecule has 0 spiro atoms. The first kappa shape index (κ1) is 11.5. The zero-order valence-corrected chi connectivity index (χ0v) is 9.13. The quantitative estimate of drug-likeness (QED) is 0.854. The van der Waals surface area contributed by atoms with E-state index in [9.17, 15) is 8.78 Å². The number of nitrogens with two attached hydrogens (primary N) is 1. The summed E-state index contributed by atoms with van der Waals surface area (Å²) in [6.45, 7) is 2.15. The molecule has 0 aromatic heterocycles. The Labute approximate surface area is 94.0 Å². The van der Waals surface area contributed by atoms with Gasteiger partial charge in [-0.3, -0.25) is 4.90 Å². The molecule has 0 aliphatic carbocycles. The van der Waals surface area contributed by atoms with E-state index in [4.69, 9.17) is 5.73 Å². The minimum absolute atomic E-state index is 0.196. The van der Waals surface area contributed by atoms with Crippen LogP contribution in [0, 0.1) is 11.6 Å². The summed E-state index contributed by atoms with van der Waals surface area (Å²) in [7, 11) is 0. The second-order valence-electron chi connectivity index (χ2n) is 4.16. The van der Waals surface area contributed by atoms with Crippen molar-refractivity contribution in [3.05, 3.63) is 35.4 Å². The van der Waals surface area contributed by atoms with Gasteiger partial charge in [0.25, 0.3) is 0 Å². The fourth-order valence-electron chi connectivity index (χ4n) is 2.30. The van der Waals surface area contributed by atoms with Gasteiger partial charge in [-0.1, -0.05) is 0 Å². The van der Waals surface area contributed by atoms with Gasteiger partial charge in [0, 0.05) is 18.2 Å². The lowest BCUT2D eigenvalue weighted by Crippen LogP contribution is -2.32. The molecule has 1 unspecified atom stereocenters. The van der Waals surface area contributed by atoms with Crippen LogP contribution in [0.4, 0.5) is 8.78 Å². The molecular formula is C12H16F2N2.